The van der Waals surface area contributed by atoms with Crippen molar-refractivity contribution in [1.29, 1.82) is 0 Å². The minimum absolute atomic E-state index is 0.0986. The van der Waals surface area contributed by atoms with Gasteiger partial charge >= 0.3 is 6.18 Å². The second kappa shape index (κ2) is 6.99. The van der Waals surface area contributed by atoms with Crippen molar-refractivity contribution in [1.82, 2.24) is 5.32 Å². The van der Waals surface area contributed by atoms with E-state index in [1.807, 2.05) is 0 Å². The maximum Gasteiger partial charge on any atom is 0.416 e. The fraction of sp³-hybridized carbons (Fsp3) is 0.467. The Morgan fingerprint density at radius 1 is 1.39 bits per heavy atom. The Hall–Kier alpha value is -2.09. The summed E-state index contributed by atoms with van der Waals surface area (Å²) in [4.78, 5) is 23.5. The number of carbonyl (C=O) groups is 2. The first-order chi connectivity index (χ1) is 10.8. The fourth-order valence-electron chi connectivity index (χ4n) is 2.36. The molecule has 3 N–H and O–H groups in total. The van der Waals surface area contributed by atoms with Crippen LogP contribution >= 0.6 is 0 Å². The van der Waals surface area contributed by atoms with Gasteiger partial charge < -0.3 is 15.8 Å². The molecule has 1 heterocycles. The SMILES string of the molecule is NC(=O)[C@H](Cc1cccc(C(F)(F)F)c1)NC(=O)[C@H]1CCOC1. The van der Waals surface area contributed by atoms with Crippen molar-refractivity contribution >= 4 is 11.8 Å². The summed E-state index contributed by atoms with van der Waals surface area (Å²) < 4.78 is 43.2. The molecule has 2 atom stereocenters. The Morgan fingerprint density at radius 2 is 2.13 bits per heavy atom. The molecule has 1 fully saturated rings. The Balaban J connectivity index is 2.07. The van der Waals surface area contributed by atoms with Crippen molar-refractivity contribution in [3.05, 3.63) is 35.4 Å². The fourth-order valence-corrected chi connectivity index (χ4v) is 2.36. The van der Waals surface area contributed by atoms with Crippen molar-refractivity contribution in [3.8, 4) is 0 Å². The van der Waals surface area contributed by atoms with Crippen LogP contribution in [0.1, 0.15) is 17.5 Å². The third-order valence-corrected chi connectivity index (χ3v) is 3.65. The average molecular weight is 330 g/mol. The molecule has 2 rings (SSSR count). The van der Waals surface area contributed by atoms with E-state index in [1.165, 1.54) is 12.1 Å². The predicted octanol–water partition coefficient (Wildman–Crippen LogP) is 1.25. The Kier molecular flexibility index (Phi) is 5.25. The van der Waals surface area contributed by atoms with E-state index in [9.17, 15) is 22.8 Å². The number of hydrogen-bond acceptors (Lipinski definition) is 3. The van der Waals surface area contributed by atoms with Gasteiger partial charge in [-0.25, -0.2) is 0 Å². The molecule has 1 saturated heterocycles. The summed E-state index contributed by atoms with van der Waals surface area (Å²) in [5.74, 6) is -1.54. The predicted molar refractivity (Wildman–Crippen MR) is 75.2 cm³/mol. The van der Waals surface area contributed by atoms with Crippen LogP contribution in [0.25, 0.3) is 0 Å². The third kappa shape index (κ3) is 4.69. The zero-order valence-electron chi connectivity index (χ0n) is 12.2. The number of benzene rings is 1. The van der Waals surface area contributed by atoms with Gasteiger partial charge in [-0.1, -0.05) is 18.2 Å². The molecule has 5 nitrogen and oxygen atoms in total. The second-order valence-electron chi connectivity index (χ2n) is 5.43. The summed E-state index contributed by atoms with van der Waals surface area (Å²) >= 11 is 0. The lowest BCUT2D eigenvalue weighted by atomic mass is 10.0. The molecule has 0 radical (unpaired) electrons. The van der Waals surface area contributed by atoms with E-state index >= 15 is 0 Å². The molecule has 0 saturated carbocycles. The Labute approximate surface area is 131 Å². The van der Waals surface area contributed by atoms with Gasteiger partial charge in [0.1, 0.15) is 6.04 Å². The van der Waals surface area contributed by atoms with E-state index in [1.54, 1.807) is 0 Å². The van der Waals surface area contributed by atoms with E-state index in [0.717, 1.165) is 12.1 Å². The number of ether oxygens (including phenoxy) is 1. The van der Waals surface area contributed by atoms with Gasteiger partial charge in [-0.15, -0.1) is 0 Å². The zero-order valence-corrected chi connectivity index (χ0v) is 12.2. The highest BCUT2D eigenvalue weighted by molar-refractivity contribution is 5.87. The van der Waals surface area contributed by atoms with Gasteiger partial charge in [0.05, 0.1) is 18.1 Å². The van der Waals surface area contributed by atoms with Crippen LogP contribution in [0.15, 0.2) is 24.3 Å². The molecular formula is C15H17F3N2O3. The molecule has 1 aromatic rings. The van der Waals surface area contributed by atoms with Crippen molar-refractivity contribution in [2.24, 2.45) is 11.7 Å². The maximum absolute atomic E-state index is 12.7. The number of primary amides is 1. The molecule has 1 aromatic carbocycles. The van der Waals surface area contributed by atoms with Crippen molar-refractivity contribution < 1.29 is 27.5 Å². The molecule has 8 heteroatoms. The minimum Gasteiger partial charge on any atom is -0.381 e. The van der Waals surface area contributed by atoms with E-state index in [4.69, 9.17) is 10.5 Å². The van der Waals surface area contributed by atoms with Crippen LogP contribution in [0.5, 0.6) is 0 Å². The first-order valence-corrected chi connectivity index (χ1v) is 7.11. The molecule has 0 aromatic heterocycles. The maximum atomic E-state index is 12.7. The molecule has 126 valence electrons. The molecule has 0 unspecified atom stereocenters. The highest BCUT2D eigenvalue weighted by Gasteiger charge is 2.31. The lowest BCUT2D eigenvalue weighted by Crippen LogP contribution is -2.48. The van der Waals surface area contributed by atoms with Crippen LogP contribution in [-0.4, -0.2) is 31.1 Å². The van der Waals surface area contributed by atoms with Gasteiger partial charge in [0.2, 0.25) is 11.8 Å². The number of amides is 2. The smallest absolute Gasteiger partial charge is 0.381 e. The van der Waals surface area contributed by atoms with Crippen molar-refractivity contribution in [2.45, 2.75) is 25.1 Å². The molecule has 23 heavy (non-hydrogen) atoms. The molecule has 0 spiro atoms. The van der Waals surface area contributed by atoms with Crippen LogP contribution < -0.4 is 11.1 Å². The summed E-state index contributed by atoms with van der Waals surface area (Å²) in [5.41, 5.74) is 4.71. The summed E-state index contributed by atoms with van der Waals surface area (Å²) in [6, 6.07) is 3.53. The molecule has 0 bridgehead atoms. The van der Waals surface area contributed by atoms with E-state index in [-0.39, 0.29) is 30.4 Å². The number of halogens is 3. The Morgan fingerprint density at radius 3 is 2.70 bits per heavy atom. The molecule has 0 aliphatic carbocycles. The summed E-state index contributed by atoms with van der Waals surface area (Å²) in [5, 5.41) is 2.49. The summed E-state index contributed by atoms with van der Waals surface area (Å²) in [7, 11) is 0. The molecular weight excluding hydrogens is 313 g/mol. The summed E-state index contributed by atoms with van der Waals surface area (Å²) in [6.45, 7) is 0.730. The standard InChI is InChI=1S/C15H17F3N2O3/c16-15(17,18)11-3-1-2-9(6-11)7-12(13(19)21)20-14(22)10-4-5-23-8-10/h1-3,6,10,12H,4-5,7-8H2,(H2,19,21)(H,20,22)/t10-,12-/m0/s1. The number of rotatable bonds is 5. The van der Waals surface area contributed by atoms with Crippen molar-refractivity contribution in [2.75, 3.05) is 13.2 Å². The summed E-state index contributed by atoms with van der Waals surface area (Å²) in [6.07, 6.45) is -4.03. The van der Waals surface area contributed by atoms with Crippen LogP contribution in [0.4, 0.5) is 13.2 Å². The largest absolute Gasteiger partial charge is 0.416 e. The molecule has 1 aliphatic rings. The number of carbonyl (C=O) groups excluding carboxylic acids is 2. The van der Waals surface area contributed by atoms with E-state index in [2.05, 4.69) is 5.32 Å². The average Bonchev–Trinajstić information content (AvgIpc) is 3.00. The van der Waals surface area contributed by atoms with Gasteiger partial charge in [-0.3, -0.25) is 9.59 Å². The number of nitrogens with one attached hydrogen (secondary N) is 1. The van der Waals surface area contributed by atoms with Gasteiger partial charge in [0, 0.05) is 13.0 Å². The highest BCUT2D eigenvalue weighted by atomic mass is 19.4. The first kappa shape index (κ1) is 17.3. The highest BCUT2D eigenvalue weighted by Crippen LogP contribution is 2.29. The first-order valence-electron chi connectivity index (χ1n) is 7.11. The van der Waals surface area contributed by atoms with Gasteiger partial charge in [0.25, 0.3) is 0 Å². The topological polar surface area (TPSA) is 81.4 Å². The number of hydrogen-bond donors (Lipinski definition) is 2. The van der Waals surface area contributed by atoms with Crippen LogP contribution in [0.2, 0.25) is 0 Å². The van der Waals surface area contributed by atoms with E-state index in [0.29, 0.717) is 13.0 Å². The van der Waals surface area contributed by atoms with E-state index < -0.39 is 23.7 Å². The lowest BCUT2D eigenvalue weighted by molar-refractivity contribution is -0.137. The monoisotopic (exact) mass is 330 g/mol. The quantitative estimate of drug-likeness (QED) is 0.853. The third-order valence-electron chi connectivity index (χ3n) is 3.65. The number of nitrogens with two attached hydrogens (primary N) is 1. The second-order valence-corrected chi connectivity index (χ2v) is 5.43. The van der Waals surface area contributed by atoms with Crippen LogP contribution in [-0.2, 0) is 26.9 Å². The Bertz CT molecular complexity index is 584. The molecule has 1 aliphatic heterocycles. The van der Waals surface area contributed by atoms with Crippen LogP contribution in [0, 0.1) is 5.92 Å². The van der Waals surface area contributed by atoms with Gasteiger partial charge in [0.15, 0.2) is 0 Å². The molecule has 2 amide bonds. The van der Waals surface area contributed by atoms with Crippen LogP contribution in [0.3, 0.4) is 0 Å². The normalized spacial score (nSPS) is 19.3. The van der Waals surface area contributed by atoms with Crippen molar-refractivity contribution in [3.63, 3.8) is 0 Å². The zero-order chi connectivity index (χ0) is 17.0. The number of alkyl halides is 3. The lowest BCUT2D eigenvalue weighted by Gasteiger charge is -2.18. The van der Waals surface area contributed by atoms with Gasteiger partial charge in [-0.2, -0.15) is 13.2 Å². The van der Waals surface area contributed by atoms with Gasteiger partial charge in [-0.05, 0) is 18.1 Å². The minimum atomic E-state index is -4.47.